The molecule has 2 atom stereocenters. The summed E-state index contributed by atoms with van der Waals surface area (Å²) >= 11 is 0. The molecule has 18 heavy (non-hydrogen) atoms. The molecule has 98 valence electrons. The fourth-order valence-corrected chi connectivity index (χ4v) is 1.62. The van der Waals surface area contributed by atoms with E-state index < -0.39 is 17.7 Å². The summed E-state index contributed by atoms with van der Waals surface area (Å²) in [6.45, 7) is 6.61. The molecule has 0 heterocycles. The number of rotatable bonds is 5. The highest BCUT2D eigenvalue weighted by Crippen LogP contribution is 2.30. The van der Waals surface area contributed by atoms with Crippen LogP contribution in [-0.4, -0.2) is 21.8 Å². The molecule has 1 rings (SSSR count). The summed E-state index contributed by atoms with van der Waals surface area (Å²) in [5.74, 6) is -0.00320. The monoisotopic (exact) mass is 250 g/mol. The van der Waals surface area contributed by atoms with E-state index in [0.29, 0.717) is 17.7 Å². The van der Waals surface area contributed by atoms with E-state index in [1.165, 1.54) is 13.0 Å². The molecule has 0 aliphatic rings. The Kier molecular flexibility index (Phi) is 4.64. The van der Waals surface area contributed by atoms with E-state index in [-0.39, 0.29) is 0 Å². The molecule has 4 nitrogen and oxygen atoms in total. The lowest BCUT2D eigenvalue weighted by atomic mass is 9.89. The van der Waals surface area contributed by atoms with Crippen LogP contribution in [0.5, 0.6) is 5.75 Å². The van der Waals surface area contributed by atoms with E-state index in [9.17, 15) is 15.0 Å². The first-order valence-electron chi connectivity index (χ1n) is 5.75. The Morgan fingerprint density at radius 1 is 1.50 bits per heavy atom. The van der Waals surface area contributed by atoms with E-state index in [4.69, 9.17) is 4.74 Å². The molecule has 2 N–H and O–H groups in total. The summed E-state index contributed by atoms with van der Waals surface area (Å²) in [4.78, 5) is 10.8. The fourth-order valence-electron chi connectivity index (χ4n) is 1.62. The minimum Gasteiger partial charge on any atom is -0.427 e. The quantitative estimate of drug-likeness (QED) is 0.476. The standard InChI is InChI=1S/C14H18O4/c1-4-14(17,5-2)13(16)11-6-8-12(9-7-11)18-10(3)15/h4,6-9,13,16-17H,1,5H2,2-3H3/t13-,14+/m0/s1. The Morgan fingerprint density at radius 2 is 2.06 bits per heavy atom. The second-order valence-corrected chi connectivity index (χ2v) is 4.11. The van der Waals surface area contributed by atoms with Crippen molar-refractivity contribution in [2.75, 3.05) is 0 Å². The number of benzene rings is 1. The molecule has 0 amide bonds. The molecule has 0 aliphatic heterocycles. The minimum atomic E-state index is -1.36. The van der Waals surface area contributed by atoms with Gasteiger partial charge < -0.3 is 14.9 Å². The largest absolute Gasteiger partial charge is 0.427 e. The van der Waals surface area contributed by atoms with Crippen LogP contribution in [0.25, 0.3) is 0 Å². The van der Waals surface area contributed by atoms with Crippen molar-refractivity contribution < 1.29 is 19.7 Å². The Hall–Kier alpha value is -1.65. The van der Waals surface area contributed by atoms with Crippen LogP contribution < -0.4 is 4.74 Å². The van der Waals surface area contributed by atoms with Gasteiger partial charge >= 0.3 is 5.97 Å². The maximum Gasteiger partial charge on any atom is 0.308 e. The van der Waals surface area contributed by atoms with Gasteiger partial charge in [-0.3, -0.25) is 4.79 Å². The first-order chi connectivity index (χ1) is 8.42. The number of ether oxygens (including phenoxy) is 1. The number of hydrogen-bond donors (Lipinski definition) is 2. The Labute approximate surface area is 107 Å². The Bertz CT molecular complexity index is 424. The molecule has 0 unspecified atom stereocenters. The van der Waals surface area contributed by atoms with Gasteiger partial charge in [-0.15, -0.1) is 6.58 Å². The maximum absolute atomic E-state index is 10.8. The van der Waals surface area contributed by atoms with Crippen molar-refractivity contribution in [3.63, 3.8) is 0 Å². The fraction of sp³-hybridized carbons (Fsp3) is 0.357. The highest BCUT2D eigenvalue weighted by atomic mass is 16.5. The third-order valence-corrected chi connectivity index (χ3v) is 2.85. The van der Waals surface area contributed by atoms with Gasteiger partial charge in [0.2, 0.25) is 0 Å². The van der Waals surface area contributed by atoms with Gasteiger partial charge in [0.15, 0.2) is 0 Å². The third-order valence-electron chi connectivity index (χ3n) is 2.85. The van der Waals surface area contributed by atoms with Gasteiger partial charge in [0.05, 0.1) is 0 Å². The van der Waals surface area contributed by atoms with Crippen molar-refractivity contribution >= 4 is 5.97 Å². The van der Waals surface area contributed by atoms with Gasteiger partial charge in [-0.1, -0.05) is 25.1 Å². The van der Waals surface area contributed by atoms with Gasteiger partial charge in [0.25, 0.3) is 0 Å². The SMILES string of the molecule is C=C[C@@](O)(CC)[C@@H](O)c1ccc(OC(C)=O)cc1. The van der Waals surface area contributed by atoms with Gasteiger partial charge in [-0.2, -0.15) is 0 Å². The molecule has 0 spiro atoms. The van der Waals surface area contributed by atoms with Gasteiger partial charge in [0, 0.05) is 6.92 Å². The first kappa shape index (κ1) is 14.4. The smallest absolute Gasteiger partial charge is 0.308 e. The van der Waals surface area contributed by atoms with Gasteiger partial charge in [-0.05, 0) is 24.1 Å². The molecule has 0 saturated heterocycles. The summed E-state index contributed by atoms with van der Waals surface area (Å²) in [6, 6.07) is 6.35. The van der Waals surface area contributed by atoms with Crippen LogP contribution in [0, 0.1) is 0 Å². The molecular weight excluding hydrogens is 232 g/mol. The molecule has 0 saturated carbocycles. The second kappa shape index (κ2) is 5.80. The van der Waals surface area contributed by atoms with Crippen LogP contribution in [-0.2, 0) is 4.79 Å². The van der Waals surface area contributed by atoms with E-state index in [1.807, 2.05) is 0 Å². The summed E-state index contributed by atoms with van der Waals surface area (Å²) in [5.41, 5.74) is -0.821. The number of carbonyl (C=O) groups is 1. The average Bonchev–Trinajstić information content (AvgIpc) is 2.37. The lowest BCUT2D eigenvalue weighted by Crippen LogP contribution is -2.33. The zero-order chi connectivity index (χ0) is 13.8. The number of esters is 1. The molecule has 0 aromatic heterocycles. The second-order valence-electron chi connectivity index (χ2n) is 4.11. The van der Waals surface area contributed by atoms with E-state index in [2.05, 4.69) is 6.58 Å². The van der Waals surface area contributed by atoms with Crippen molar-refractivity contribution in [3.05, 3.63) is 42.5 Å². The minimum absolute atomic E-state index is 0.351. The van der Waals surface area contributed by atoms with Crippen LogP contribution in [0.4, 0.5) is 0 Å². The molecule has 4 heteroatoms. The van der Waals surface area contributed by atoms with E-state index in [1.54, 1.807) is 31.2 Å². The number of hydrogen-bond acceptors (Lipinski definition) is 4. The highest BCUT2D eigenvalue weighted by Gasteiger charge is 2.31. The van der Waals surface area contributed by atoms with Crippen LogP contribution in [0.1, 0.15) is 31.9 Å². The lowest BCUT2D eigenvalue weighted by molar-refractivity contribution is -0.131. The highest BCUT2D eigenvalue weighted by molar-refractivity contribution is 5.69. The van der Waals surface area contributed by atoms with Crippen LogP contribution in [0.3, 0.4) is 0 Å². The van der Waals surface area contributed by atoms with Gasteiger partial charge in [0.1, 0.15) is 17.5 Å². The molecule has 0 bridgehead atoms. The van der Waals surface area contributed by atoms with E-state index in [0.717, 1.165) is 0 Å². The number of aliphatic hydroxyl groups is 2. The topological polar surface area (TPSA) is 66.8 Å². The summed E-state index contributed by atoms with van der Waals surface area (Å²) in [7, 11) is 0. The van der Waals surface area contributed by atoms with Crippen molar-refractivity contribution in [2.45, 2.75) is 32.0 Å². The zero-order valence-corrected chi connectivity index (χ0v) is 10.6. The first-order valence-corrected chi connectivity index (χ1v) is 5.75. The number of carbonyl (C=O) groups excluding carboxylic acids is 1. The van der Waals surface area contributed by atoms with Crippen LogP contribution >= 0.6 is 0 Å². The van der Waals surface area contributed by atoms with Crippen LogP contribution in [0.2, 0.25) is 0 Å². The molecule has 1 aromatic carbocycles. The number of aliphatic hydroxyl groups excluding tert-OH is 1. The Morgan fingerprint density at radius 3 is 2.44 bits per heavy atom. The molecule has 0 radical (unpaired) electrons. The van der Waals surface area contributed by atoms with Crippen molar-refractivity contribution in [2.24, 2.45) is 0 Å². The normalized spacial score (nSPS) is 15.6. The summed E-state index contributed by atoms with van der Waals surface area (Å²) in [5, 5.41) is 20.2. The van der Waals surface area contributed by atoms with Crippen molar-refractivity contribution in [3.8, 4) is 5.75 Å². The third kappa shape index (κ3) is 3.18. The van der Waals surface area contributed by atoms with Crippen molar-refractivity contribution in [1.29, 1.82) is 0 Å². The molecular formula is C14H18O4. The van der Waals surface area contributed by atoms with Crippen LogP contribution in [0.15, 0.2) is 36.9 Å². The predicted molar refractivity (Wildman–Crippen MR) is 68.1 cm³/mol. The average molecular weight is 250 g/mol. The van der Waals surface area contributed by atoms with Crippen molar-refractivity contribution in [1.82, 2.24) is 0 Å². The maximum atomic E-state index is 10.8. The summed E-state index contributed by atoms with van der Waals surface area (Å²) < 4.78 is 4.88. The Balaban J connectivity index is 2.91. The zero-order valence-electron chi connectivity index (χ0n) is 10.6. The predicted octanol–water partition coefficient (Wildman–Crippen LogP) is 1.97. The molecule has 0 aliphatic carbocycles. The van der Waals surface area contributed by atoms with E-state index >= 15 is 0 Å². The van der Waals surface area contributed by atoms with Gasteiger partial charge in [-0.25, -0.2) is 0 Å². The summed E-state index contributed by atoms with van der Waals surface area (Å²) in [6.07, 6.45) is 0.618. The molecule has 0 fully saturated rings. The lowest BCUT2D eigenvalue weighted by Gasteiger charge is -2.29. The molecule has 1 aromatic rings.